The minimum absolute atomic E-state index is 0.0221. The normalized spacial score (nSPS) is 14.0. The van der Waals surface area contributed by atoms with Gasteiger partial charge < -0.3 is 5.32 Å². The van der Waals surface area contributed by atoms with Gasteiger partial charge in [-0.25, -0.2) is 8.42 Å². The number of nitrogens with one attached hydrogen (secondary N) is 1. The van der Waals surface area contributed by atoms with Crippen LogP contribution in [0.5, 0.6) is 0 Å². The highest BCUT2D eigenvalue weighted by atomic mass is 32.2. The number of benzene rings is 2. The second-order valence-electron chi connectivity index (χ2n) is 6.45. The first-order valence-corrected chi connectivity index (χ1v) is 10.4. The lowest BCUT2D eigenvalue weighted by Gasteiger charge is -2.29. The Hall–Kier alpha value is -3.20. The molecule has 0 fully saturated rings. The van der Waals surface area contributed by atoms with E-state index in [9.17, 15) is 23.3 Å². The van der Waals surface area contributed by atoms with Crippen molar-refractivity contribution in [3.8, 4) is 0 Å². The molecule has 0 aliphatic carbocycles. The second kappa shape index (κ2) is 7.81. The van der Waals surface area contributed by atoms with Crippen molar-refractivity contribution in [3.05, 3.63) is 69.8 Å². The molecule has 1 heterocycles. The van der Waals surface area contributed by atoms with Crippen molar-refractivity contribution in [3.63, 3.8) is 0 Å². The molecule has 146 valence electrons. The topological polar surface area (TPSA) is 110 Å². The molecule has 0 bridgehead atoms. The average Bonchev–Trinajstić information content (AvgIpc) is 2.65. The van der Waals surface area contributed by atoms with Gasteiger partial charge in [-0.1, -0.05) is 6.07 Å². The van der Waals surface area contributed by atoms with Crippen LogP contribution in [-0.2, 0) is 21.2 Å². The Morgan fingerprint density at radius 2 is 1.93 bits per heavy atom. The van der Waals surface area contributed by atoms with Gasteiger partial charge in [0.15, 0.2) is 0 Å². The number of anilines is 2. The van der Waals surface area contributed by atoms with Crippen LogP contribution in [0.25, 0.3) is 6.08 Å². The number of carbonyl (C=O) groups is 1. The van der Waals surface area contributed by atoms with Gasteiger partial charge in [-0.2, -0.15) is 0 Å². The zero-order valence-corrected chi connectivity index (χ0v) is 16.0. The Labute approximate surface area is 162 Å². The highest BCUT2D eigenvalue weighted by molar-refractivity contribution is 7.92. The van der Waals surface area contributed by atoms with Gasteiger partial charge in [0.2, 0.25) is 15.9 Å². The monoisotopic (exact) mass is 401 g/mol. The Bertz CT molecular complexity index is 1050. The van der Waals surface area contributed by atoms with Crippen molar-refractivity contribution in [2.24, 2.45) is 0 Å². The summed E-state index contributed by atoms with van der Waals surface area (Å²) in [5.41, 5.74) is 2.63. The predicted octanol–water partition coefficient (Wildman–Crippen LogP) is 2.96. The minimum Gasteiger partial charge on any atom is -0.322 e. The fourth-order valence-electron chi connectivity index (χ4n) is 3.03. The van der Waals surface area contributed by atoms with Crippen LogP contribution in [0.4, 0.5) is 17.1 Å². The molecule has 0 aromatic heterocycles. The van der Waals surface area contributed by atoms with Crippen LogP contribution in [0.3, 0.4) is 0 Å². The van der Waals surface area contributed by atoms with E-state index in [1.165, 1.54) is 28.8 Å². The van der Waals surface area contributed by atoms with E-state index < -0.39 is 14.9 Å². The van der Waals surface area contributed by atoms with Crippen LogP contribution < -0.4 is 9.62 Å². The summed E-state index contributed by atoms with van der Waals surface area (Å²) >= 11 is 0. The average molecular weight is 401 g/mol. The standard InChI is InChI=1S/C19H19N3O5S/c1-28(26,27)21-12-2-3-15-7-8-16(13-18(15)21)20-19(23)11-6-14-4-9-17(10-5-14)22(24)25/h4-11,13H,2-3,12H2,1H3,(H,20,23)/b11-6+. The van der Waals surface area contributed by atoms with Gasteiger partial charge in [0.1, 0.15) is 0 Å². The quantitative estimate of drug-likeness (QED) is 0.471. The van der Waals surface area contributed by atoms with Gasteiger partial charge in [0.25, 0.3) is 5.69 Å². The van der Waals surface area contributed by atoms with Gasteiger partial charge >= 0.3 is 0 Å². The van der Waals surface area contributed by atoms with Crippen LogP contribution in [-0.4, -0.2) is 32.0 Å². The van der Waals surface area contributed by atoms with E-state index in [1.54, 1.807) is 30.3 Å². The molecule has 0 atom stereocenters. The number of carbonyl (C=O) groups excluding carboxylic acids is 1. The predicted molar refractivity (Wildman–Crippen MR) is 108 cm³/mol. The van der Waals surface area contributed by atoms with E-state index in [0.29, 0.717) is 23.5 Å². The maximum absolute atomic E-state index is 12.2. The number of nitro benzene ring substituents is 1. The number of sulfonamides is 1. The Morgan fingerprint density at radius 3 is 2.57 bits per heavy atom. The number of non-ortho nitro benzene ring substituents is 1. The Morgan fingerprint density at radius 1 is 1.21 bits per heavy atom. The lowest BCUT2D eigenvalue weighted by atomic mass is 10.0. The fraction of sp³-hybridized carbons (Fsp3) is 0.211. The molecule has 0 radical (unpaired) electrons. The third-order valence-corrected chi connectivity index (χ3v) is 5.54. The van der Waals surface area contributed by atoms with Crippen molar-refractivity contribution >= 4 is 39.1 Å². The molecule has 0 unspecified atom stereocenters. The number of hydrogen-bond acceptors (Lipinski definition) is 5. The van der Waals surface area contributed by atoms with E-state index >= 15 is 0 Å². The molecule has 0 saturated heterocycles. The molecule has 28 heavy (non-hydrogen) atoms. The Balaban J connectivity index is 1.73. The summed E-state index contributed by atoms with van der Waals surface area (Å²) in [6, 6.07) is 11.0. The van der Waals surface area contributed by atoms with Crippen molar-refractivity contribution in [1.82, 2.24) is 0 Å². The van der Waals surface area contributed by atoms with Crippen molar-refractivity contribution in [1.29, 1.82) is 0 Å². The van der Waals surface area contributed by atoms with E-state index in [-0.39, 0.29) is 11.6 Å². The zero-order valence-electron chi connectivity index (χ0n) is 15.2. The molecule has 2 aromatic carbocycles. The number of rotatable bonds is 5. The molecule has 8 nitrogen and oxygen atoms in total. The summed E-state index contributed by atoms with van der Waals surface area (Å²) in [5, 5.41) is 13.4. The third-order valence-electron chi connectivity index (χ3n) is 4.36. The van der Waals surface area contributed by atoms with Gasteiger partial charge in [-0.3, -0.25) is 19.2 Å². The minimum atomic E-state index is -3.38. The van der Waals surface area contributed by atoms with Crippen molar-refractivity contribution in [2.75, 3.05) is 22.4 Å². The molecular weight excluding hydrogens is 382 g/mol. The molecule has 3 rings (SSSR count). The molecule has 1 aliphatic heterocycles. The number of amides is 1. The summed E-state index contributed by atoms with van der Waals surface area (Å²) in [4.78, 5) is 22.3. The number of nitro groups is 1. The summed E-state index contributed by atoms with van der Waals surface area (Å²) < 4.78 is 25.3. The molecule has 1 N–H and O–H groups in total. The van der Waals surface area contributed by atoms with E-state index in [4.69, 9.17) is 0 Å². The van der Waals surface area contributed by atoms with Crippen molar-refractivity contribution in [2.45, 2.75) is 12.8 Å². The van der Waals surface area contributed by atoms with Crippen LogP contribution in [0.15, 0.2) is 48.5 Å². The van der Waals surface area contributed by atoms with Gasteiger partial charge in [-0.15, -0.1) is 0 Å². The first kappa shape index (κ1) is 19.6. The molecule has 2 aromatic rings. The SMILES string of the molecule is CS(=O)(=O)N1CCCc2ccc(NC(=O)/C=C/c3ccc([N+](=O)[O-])cc3)cc21. The summed E-state index contributed by atoms with van der Waals surface area (Å²) in [5.74, 6) is -0.389. The van der Waals surface area contributed by atoms with Crippen LogP contribution >= 0.6 is 0 Å². The van der Waals surface area contributed by atoms with E-state index in [0.717, 1.165) is 18.4 Å². The highest BCUT2D eigenvalue weighted by Crippen LogP contribution is 2.31. The largest absolute Gasteiger partial charge is 0.322 e. The maximum Gasteiger partial charge on any atom is 0.269 e. The van der Waals surface area contributed by atoms with Gasteiger partial charge in [-0.05, 0) is 54.3 Å². The van der Waals surface area contributed by atoms with Crippen molar-refractivity contribution < 1.29 is 18.1 Å². The van der Waals surface area contributed by atoms with E-state index in [2.05, 4.69) is 5.32 Å². The third kappa shape index (κ3) is 4.55. The molecular formula is C19H19N3O5S. The first-order valence-electron chi connectivity index (χ1n) is 8.58. The maximum atomic E-state index is 12.2. The fourth-order valence-corrected chi connectivity index (χ4v) is 4.01. The van der Waals surface area contributed by atoms with Crippen LogP contribution in [0, 0.1) is 10.1 Å². The van der Waals surface area contributed by atoms with Gasteiger partial charge in [0, 0.05) is 30.4 Å². The molecule has 1 aliphatic rings. The smallest absolute Gasteiger partial charge is 0.269 e. The summed E-state index contributed by atoms with van der Waals surface area (Å²) in [6.45, 7) is 0.420. The van der Waals surface area contributed by atoms with E-state index in [1.807, 2.05) is 6.07 Å². The van der Waals surface area contributed by atoms with Crippen LogP contribution in [0.2, 0.25) is 0 Å². The second-order valence-corrected chi connectivity index (χ2v) is 8.36. The molecule has 9 heteroatoms. The number of nitrogens with zero attached hydrogens (tertiary/aromatic N) is 2. The lowest BCUT2D eigenvalue weighted by molar-refractivity contribution is -0.384. The molecule has 1 amide bonds. The molecule has 0 spiro atoms. The zero-order chi connectivity index (χ0) is 20.3. The first-order chi connectivity index (χ1) is 13.2. The number of hydrogen-bond donors (Lipinski definition) is 1. The van der Waals surface area contributed by atoms with Crippen LogP contribution in [0.1, 0.15) is 17.5 Å². The summed E-state index contributed by atoms with van der Waals surface area (Å²) in [7, 11) is -3.38. The highest BCUT2D eigenvalue weighted by Gasteiger charge is 2.24. The summed E-state index contributed by atoms with van der Waals surface area (Å²) in [6.07, 6.45) is 5.56. The van der Waals surface area contributed by atoms with Gasteiger partial charge in [0.05, 0.1) is 16.9 Å². The Kier molecular flexibility index (Phi) is 5.46. The molecule has 0 saturated carbocycles. The number of aryl methyl sites for hydroxylation is 1. The lowest BCUT2D eigenvalue weighted by Crippen LogP contribution is -2.34. The number of fused-ring (bicyclic) bond motifs is 1.